The summed E-state index contributed by atoms with van der Waals surface area (Å²) in [5.74, 6) is 0.266. The third-order valence-corrected chi connectivity index (χ3v) is 3.53. The van der Waals surface area contributed by atoms with Crippen molar-refractivity contribution in [2.75, 3.05) is 18.9 Å². The number of carbonyl (C=O) groups is 2. The molecule has 0 spiro atoms. The van der Waals surface area contributed by atoms with Crippen molar-refractivity contribution in [3.63, 3.8) is 0 Å². The van der Waals surface area contributed by atoms with Gasteiger partial charge in [-0.3, -0.25) is 9.59 Å². The lowest BCUT2D eigenvalue weighted by Gasteiger charge is -2.20. The van der Waals surface area contributed by atoms with Crippen LogP contribution in [0, 0.1) is 5.92 Å². The maximum Gasteiger partial charge on any atom is 0.243 e. The van der Waals surface area contributed by atoms with Crippen molar-refractivity contribution in [3.05, 3.63) is 0 Å². The normalized spacial score (nSPS) is 24.6. The van der Waals surface area contributed by atoms with Gasteiger partial charge in [0.25, 0.3) is 0 Å². The van der Waals surface area contributed by atoms with Gasteiger partial charge >= 0.3 is 0 Å². The monoisotopic (exact) mass is 274 g/mol. The van der Waals surface area contributed by atoms with Crippen LogP contribution >= 0.6 is 12.6 Å². The predicted octanol–water partition coefficient (Wildman–Crippen LogP) is 0.352. The number of rotatable bonds is 6. The first-order valence-corrected chi connectivity index (χ1v) is 6.99. The molecule has 0 saturated carbocycles. The van der Waals surface area contributed by atoms with Gasteiger partial charge in [-0.2, -0.15) is 12.6 Å². The van der Waals surface area contributed by atoms with E-state index < -0.39 is 6.04 Å². The van der Waals surface area contributed by atoms with Gasteiger partial charge in [0, 0.05) is 31.7 Å². The zero-order chi connectivity index (χ0) is 13.5. The third kappa shape index (κ3) is 4.49. The van der Waals surface area contributed by atoms with Gasteiger partial charge in [-0.25, -0.2) is 0 Å². The van der Waals surface area contributed by atoms with Crippen LogP contribution < -0.4 is 10.6 Å². The van der Waals surface area contributed by atoms with Crippen LogP contribution in [0.3, 0.4) is 0 Å². The highest BCUT2D eigenvalue weighted by Crippen LogP contribution is 2.22. The van der Waals surface area contributed by atoms with Crippen molar-refractivity contribution in [1.29, 1.82) is 0 Å². The fraction of sp³-hybridized carbons (Fsp3) is 0.833. The van der Waals surface area contributed by atoms with Crippen molar-refractivity contribution in [1.82, 2.24) is 10.6 Å². The number of nitrogens with one attached hydrogen (secondary N) is 2. The van der Waals surface area contributed by atoms with Crippen LogP contribution in [-0.4, -0.2) is 42.9 Å². The second-order valence-corrected chi connectivity index (χ2v) is 4.91. The summed E-state index contributed by atoms with van der Waals surface area (Å²) < 4.78 is 5.56. The van der Waals surface area contributed by atoms with Gasteiger partial charge in [0.05, 0.1) is 6.10 Å². The van der Waals surface area contributed by atoms with E-state index in [1.165, 1.54) is 6.92 Å². The summed E-state index contributed by atoms with van der Waals surface area (Å²) in [5.41, 5.74) is 0. The van der Waals surface area contributed by atoms with E-state index in [1.54, 1.807) is 0 Å². The molecule has 0 aliphatic carbocycles. The Hall–Kier alpha value is -0.750. The van der Waals surface area contributed by atoms with E-state index in [9.17, 15) is 9.59 Å². The molecule has 1 saturated heterocycles. The van der Waals surface area contributed by atoms with E-state index in [0.29, 0.717) is 18.2 Å². The number of hydrogen-bond acceptors (Lipinski definition) is 4. The molecule has 0 aromatic carbocycles. The van der Waals surface area contributed by atoms with E-state index in [0.717, 1.165) is 19.4 Å². The summed E-state index contributed by atoms with van der Waals surface area (Å²) in [5, 5.41) is 5.43. The maximum absolute atomic E-state index is 11.8. The minimum atomic E-state index is -0.562. The highest BCUT2D eigenvalue weighted by atomic mass is 32.1. The van der Waals surface area contributed by atoms with Gasteiger partial charge < -0.3 is 15.4 Å². The van der Waals surface area contributed by atoms with Crippen molar-refractivity contribution in [2.45, 2.75) is 38.8 Å². The summed E-state index contributed by atoms with van der Waals surface area (Å²) in [6, 6.07) is -0.562. The average Bonchev–Trinajstić information content (AvgIpc) is 2.80. The average molecular weight is 274 g/mol. The molecule has 5 nitrogen and oxygen atoms in total. The quantitative estimate of drug-likeness (QED) is 0.612. The Morgan fingerprint density at radius 1 is 1.50 bits per heavy atom. The molecule has 1 aliphatic heterocycles. The Morgan fingerprint density at radius 2 is 2.22 bits per heavy atom. The van der Waals surface area contributed by atoms with Gasteiger partial charge in [0.2, 0.25) is 11.8 Å². The van der Waals surface area contributed by atoms with Crippen LogP contribution in [0.15, 0.2) is 0 Å². The molecule has 3 atom stereocenters. The first-order chi connectivity index (χ1) is 8.58. The molecule has 104 valence electrons. The van der Waals surface area contributed by atoms with Gasteiger partial charge in [0.1, 0.15) is 6.04 Å². The minimum absolute atomic E-state index is 0.179. The zero-order valence-corrected chi connectivity index (χ0v) is 11.8. The molecular formula is C12H22N2O3S. The molecule has 1 fully saturated rings. The molecule has 0 aromatic heterocycles. The number of hydrogen-bond donors (Lipinski definition) is 3. The first kappa shape index (κ1) is 15.3. The summed E-state index contributed by atoms with van der Waals surface area (Å²) in [4.78, 5) is 22.8. The fourth-order valence-corrected chi connectivity index (χ4v) is 2.43. The molecule has 2 amide bonds. The van der Waals surface area contributed by atoms with Crippen LogP contribution in [0.1, 0.15) is 26.7 Å². The van der Waals surface area contributed by atoms with Crippen LogP contribution in [-0.2, 0) is 14.3 Å². The molecule has 0 aromatic rings. The summed E-state index contributed by atoms with van der Waals surface area (Å²) >= 11 is 4.07. The number of amides is 2. The van der Waals surface area contributed by atoms with E-state index in [1.807, 2.05) is 0 Å². The van der Waals surface area contributed by atoms with Gasteiger partial charge in [-0.15, -0.1) is 0 Å². The fourth-order valence-electron chi connectivity index (χ4n) is 2.17. The molecule has 1 rings (SSSR count). The molecular weight excluding hydrogens is 252 g/mol. The van der Waals surface area contributed by atoms with Crippen LogP contribution in [0.4, 0.5) is 0 Å². The predicted molar refractivity (Wildman–Crippen MR) is 72.6 cm³/mol. The third-order valence-electron chi connectivity index (χ3n) is 3.16. The smallest absolute Gasteiger partial charge is 0.243 e. The lowest BCUT2D eigenvalue weighted by molar-refractivity contribution is -0.127. The Morgan fingerprint density at radius 3 is 2.78 bits per heavy atom. The molecule has 1 aliphatic rings. The molecule has 0 radical (unpaired) electrons. The summed E-state index contributed by atoms with van der Waals surface area (Å²) in [6.07, 6.45) is 2.17. The van der Waals surface area contributed by atoms with E-state index in [-0.39, 0.29) is 17.9 Å². The molecule has 1 heterocycles. The largest absolute Gasteiger partial charge is 0.378 e. The lowest BCUT2D eigenvalue weighted by atomic mass is 9.99. The Labute approximate surface area is 113 Å². The highest BCUT2D eigenvalue weighted by Gasteiger charge is 2.27. The van der Waals surface area contributed by atoms with Crippen molar-refractivity contribution >= 4 is 24.4 Å². The first-order valence-electron chi connectivity index (χ1n) is 6.35. The Balaban J connectivity index is 2.37. The van der Waals surface area contributed by atoms with Crippen LogP contribution in [0.5, 0.6) is 0 Å². The maximum atomic E-state index is 11.8. The standard InChI is InChI=1S/C12H22N2O3S/c1-3-11-9(4-5-17-11)6-13-12(16)10(7-18)14-8(2)15/h9-11,18H,3-7H2,1-2H3,(H,13,16)(H,14,15). The van der Waals surface area contributed by atoms with Crippen molar-refractivity contribution in [3.8, 4) is 0 Å². The SMILES string of the molecule is CCC1OCCC1CNC(=O)C(CS)NC(C)=O. The Kier molecular flexibility index (Phi) is 6.49. The van der Waals surface area contributed by atoms with Gasteiger partial charge in [-0.1, -0.05) is 6.92 Å². The molecule has 2 N–H and O–H groups in total. The lowest BCUT2D eigenvalue weighted by Crippen LogP contribution is -2.48. The molecule has 3 unspecified atom stereocenters. The van der Waals surface area contributed by atoms with E-state index in [2.05, 4.69) is 30.2 Å². The molecule has 6 heteroatoms. The van der Waals surface area contributed by atoms with Crippen LogP contribution in [0.2, 0.25) is 0 Å². The van der Waals surface area contributed by atoms with Crippen molar-refractivity contribution in [2.24, 2.45) is 5.92 Å². The summed E-state index contributed by atoms with van der Waals surface area (Å²) in [7, 11) is 0. The molecule has 0 bridgehead atoms. The summed E-state index contributed by atoms with van der Waals surface area (Å²) in [6.45, 7) is 4.84. The van der Waals surface area contributed by atoms with E-state index >= 15 is 0 Å². The number of thiol groups is 1. The van der Waals surface area contributed by atoms with Crippen molar-refractivity contribution < 1.29 is 14.3 Å². The second kappa shape index (κ2) is 7.63. The molecule has 18 heavy (non-hydrogen) atoms. The topological polar surface area (TPSA) is 67.4 Å². The number of ether oxygens (including phenoxy) is 1. The van der Waals surface area contributed by atoms with E-state index in [4.69, 9.17) is 4.74 Å². The van der Waals surface area contributed by atoms with Gasteiger partial charge in [0.15, 0.2) is 0 Å². The minimum Gasteiger partial charge on any atom is -0.378 e. The zero-order valence-electron chi connectivity index (χ0n) is 10.9. The Bertz CT molecular complexity index is 299. The van der Waals surface area contributed by atoms with Crippen LogP contribution in [0.25, 0.3) is 0 Å². The highest BCUT2D eigenvalue weighted by molar-refractivity contribution is 7.80. The second-order valence-electron chi connectivity index (χ2n) is 4.55. The number of carbonyl (C=O) groups excluding carboxylic acids is 2. The van der Waals surface area contributed by atoms with Gasteiger partial charge in [-0.05, 0) is 12.8 Å².